The lowest BCUT2D eigenvalue weighted by Gasteiger charge is -2.48. The van der Waals surface area contributed by atoms with Gasteiger partial charge in [0, 0.05) is 64.7 Å². The number of nitrogens with zero attached hydrogens (tertiary/aromatic N) is 4. The predicted octanol–water partition coefficient (Wildman–Crippen LogP) is 0.883. The number of carbonyl (C=O) groups is 2. The van der Waals surface area contributed by atoms with E-state index in [0.717, 1.165) is 32.6 Å². The summed E-state index contributed by atoms with van der Waals surface area (Å²) in [6.07, 6.45) is 0.959. The molecule has 0 N–H and O–H groups in total. The first-order chi connectivity index (χ1) is 13.0. The molecule has 3 heterocycles. The molecule has 1 aromatic carbocycles. The molecule has 3 aliphatic heterocycles. The molecule has 0 bridgehead atoms. The average molecular weight is 370 g/mol. The molecule has 2 amide bonds. The molecule has 3 saturated heterocycles. The molecule has 6 heteroatoms. The highest BCUT2D eigenvalue weighted by molar-refractivity contribution is 5.83. The van der Waals surface area contributed by atoms with Crippen molar-refractivity contribution in [3.63, 3.8) is 0 Å². The van der Waals surface area contributed by atoms with Gasteiger partial charge in [-0.05, 0) is 19.0 Å². The van der Waals surface area contributed by atoms with E-state index in [-0.39, 0.29) is 23.3 Å². The molecular weight excluding hydrogens is 340 g/mol. The van der Waals surface area contributed by atoms with Crippen molar-refractivity contribution in [3.8, 4) is 0 Å². The summed E-state index contributed by atoms with van der Waals surface area (Å²) in [6.45, 7) is 8.40. The Labute approximate surface area is 161 Å². The molecule has 6 nitrogen and oxygen atoms in total. The van der Waals surface area contributed by atoms with Crippen LogP contribution >= 0.6 is 0 Å². The van der Waals surface area contributed by atoms with Crippen LogP contribution in [0.15, 0.2) is 30.3 Å². The molecule has 1 spiro atoms. The molecule has 1 atom stereocenters. The number of hydrogen-bond donors (Lipinski definition) is 0. The Kier molecular flexibility index (Phi) is 4.95. The SMILES string of the molecule is CC(=O)N1CCN(C(=O)C2CC3(CN(Cc4ccccc4)C3)CN2C)CC1. The van der Waals surface area contributed by atoms with Crippen LogP contribution in [0.2, 0.25) is 0 Å². The minimum atomic E-state index is -0.00671. The van der Waals surface area contributed by atoms with Gasteiger partial charge in [0.05, 0.1) is 6.04 Å². The summed E-state index contributed by atoms with van der Waals surface area (Å²) in [5, 5.41) is 0. The molecule has 3 aliphatic rings. The van der Waals surface area contributed by atoms with Gasteiger partial charge in [0.15, 0.2) is 0 Å². The number of likely N-dealkylation sites (N-methyl/N-ethyl adjacent to an activating group) is 1. The van der Waals surface area contributed by atoms with Crippen molar-refractivity contribution in [2.45, 2.75) is 25.9 Å². The Morgan fingerprint density at radius 2 is 1.63 bits per heavy atom. The van der Waals surface area contributed by atoms with E-state index in [1.54, 1.807) is 6.92 Å². The Balaban J connectivity index is 1.30. The highest BCUT2D eigenvalue weighted by Gasteiger charge is 2.52. The summed E-state index contributed by atoms with van der Waals surface area (Å²) >= 11 is 0. The number of amides is 2. The van der Waals surface area contributed by atoms with Crippen molar-refractivity contribution < 1.29 is 9.59 Å². The molecule has 0 radical (unpaired) electrons. The second-order valence-corrected chi connectivity index (χ2v) is 8.60. The summed E-state index contributed by atoms with van der Waals surface area (Å²) < 4.78 is 0. The number of carbonyl (C=O) groups excluding carboxylic acids is 2. The van der Waals surface area contributed by atoms with Gasteiger partial charge in [-0.3, -0.25) is 19.4 Å². The van der Waals surface area contributed by atoms with Gasteiger partial charge in [-0.25, -0.2) is 0 Å². The van der Waals surface area contributed by atoms with Gasteiger partial charge in [-0.15, -0.1) is 0 Å². The Hall–Kier alpha value is -1.92. The largest absolute Gasteiger partial charge is 0.339 e. The first kappa shape index (κ1) is 18.4. The average Bonchev–Trinajstić information content (AvgIpc) is 2.99. The first-order valence-corrected chi connectivity index (χ1v) is 9.97. The van der Waals surface area contributed by atoms with E-state index < -0.39 is 0 Å². The predicted molar refractivity (Wildman–Crippen MR) is 104 cm³/mol. The standard InChI is InChI=1S/C21H30N4O2/c1-17(26)24-8-10-25(11-9-24)20(27)19-12-21(14-22(19)2)15-23(16-21)13-18-6-4-3-5-7-18/h3-7,19H,8-16H2,1-2H3. The van der Waals surface area contributed by atoms with Crippen LogP contribution in [0.5, 0.6) is 0 Å². The molecule has 0 saturated carbocycles. The Morgan fingerprint density at radius 1 is 1.00 bits per heavy atom. The second kappa shape index (κ2) is 7.24. The van der Waals surface area contributed by atoms with E-state index in [9.17, 15) is 9.59 Å². The normalized spacial score (nSPS) is 25.6. The quantitative estimate of drug-likeness (QED) is 0.793. The van der Waals surface area contributed by atoms with Crippen molar-refractivity contribution in [2.75, 3.05) is 52.9 Å². The third-order valence-electron chi connectivity index (χ3n) is 6.43. The first-order valence-electron chi connectivity index (χ1n) is 9.97. The summed E-state index contributed by atoms with van der Waals surface area (Å²) in [7, 11) is 2.09. The van der Waals surface area contributed by atoms with Gasteiger partial charge in [0.25, 0.3) is 0 Å². The van der Waals surface area contributed by atoms with Gasteiger partial charge in [0.1, 0.15) is 0 Å². The Bertz CT molecular complexity index is 693. The van der Waals surface area contributed by atoms with Crippen molar-refractivity contribution in [1.82, 2.24) is 19.6 Å². The van der Waals surface area contributed by atoms with E-state index >= 15 is 0 Å². The zero-order valence-corrected chi connectivity index (χ0v) is 16.4. The maximum atomic E-state index is 13.1. The van der Waals surface area contributed by atoms with Crippen LogP contribution in [0.25, 0.3) is 0 Å². The summed E-state index contributed by atoms with van der Waals surface area (Å²) in [5.41, 5.74) is 1.63. The monoisotopic (exact) mass is 370 g/mol. The van der Waals surface area contributed by atoms with Crippen molar-refractivity contribution in [2.24, 2.45) is 5.41 Å². The van der Waals surface area contributed by atoms with Crippen molar-refractivity contribution in [3.05, 3.63) is 35.9 Å². The summed E-state index contributed by atoms with van der Waals surface area (Å²) in [4.78, 5) is 33.1. The van der Waals surface area contributed by atoms with Gasteiger partial charge in [0.2, 0.25) is 11.8 Å². The van der Waals surface area contributed by atoms with E-state index in [2.05, 4.69) is 47.2 Å². The summed E-state index contributed by atoms with van der Waals surface area (Å²) in [6, 6.07) is 10.6. The minimum Gasteiger partial charge on any atom is -0.339 e. The number of hydrogen-bond acceptors (Lipinski definition) is 4. The van der Waals surface area contributed by atoms with Crippen LogP contribution in [0.4, 0.5) is 0 Å². The van der Waals surface area contributed by atoms with Crippen LogP contribution in [-0.4, -0.2) is 90.3 Å². The van der Waals surface area contributed by atoms with Crippen molar-refractivity contribution in [1.29, 1.82) is 0 Å². The lowest BCUT2D eigenvalue weighted by molar-refractivity contribution is -0.141. The van der Waals surface area contributed by atoms with E-state index in [4.69, 9.17) is 0 Å². The lowest BCUT2D eigenvalue weighted by Crippen LogP contribution is -2.57. The molecule has 0 aromatic heterocycles. The highest BCUT2D eigenvalue weighted by Crippen LogP contribution is 2.43. The summed E-state index contributed by atoms with van der Waals surface area (Å²) in [5.74, 6) is 0.353. The van der Waals surface area contributed by atoms with E-state index in [1.807, 2.05) is 9.80 Å². The van der Waals surface area contributed by atoms with Gasteiger partial charge in [-0.1, -0.05) is 30.3 Å². The topological polar surface area (TPSA) is 47.1 Å². The number of rotatable bonds is 3. The molecule has 1 aromatic rings. The minimum absolute atomic E-state index is 0.00671. The Morgan fingerprint density at radius 3 is 2.26 bits per heavy atom. The number of likely N-dealkylation sites (tertiary alicyclic amines) is 2. The highest BCUT2D eigenvalue weighted by atomic mass is 16.2. The molecule has 27 heavy (non-hydrogen) atoms. The van der Waals surface area contributed by atoms with Crippen LogP contribution < -0.4 is 0 Å². The maximum absolute atomic E-state index is 13.1. The van der Waals surface area contributed by atoms with Crippen LogP contribution in [0, 0.1) is 5.41 Å². The fraction of sp³-hybridized carbons (Fsp3) is 0.619. The molecule has 0 aliphatic carbocycles. The molecule has 3 fully saturated rings. The zero-order chi connectivity index (χ0) is 19.0. The van der Waals surface area contributed by atoms with E-state index in [1.165, 1.54) is 5.56 Å². The molecular formula is C21H30N4O2. The third kappa shape index (κ3) is 3.73. The van der Waals surface area contributed by atoms with Crippen LogP contribution in [0.1, 0.15) is 18.9 Å². The van der Waals surface area contributed by atoms with Gasteiger partial charge >= 0.3 is 0 Å². The van der Waals surface area contributed by atoms with Crippen LogP contribution in [0.3, 0.4) is 0 Å². The fourth-order valence-electron chi connectivity index (χ4n) is 5.08. The van der Waals surface area contributed by atoms with E-state index in [0.29, 0.717) is 26.2 Å². The second-order valence-electron chi connectivity index (χ2n) is 8.60. The maximum Gasteiger partial charge on any atom is 0.240 e. The zero-order valence-electron chi connectivity index (χ0n) is 16.4. The molecule has 1 unspecified atom stereocenters. The third-order valence-corrected chi connectivity index (χ3v) is 6.43. The number of piperazine rings is 1. The van der Waals surface area contributed by atoms with Crippen LogP contribution in [-0.2, 0) is 16.1 Å². The smallest absolute Gasteiger partial charge is 0.240 e. The van der Waals surface area contributed by atoms with Gasteiger partial charge < -0.3 is 9.80 Å². The lowest BCUT2D eigenvalue weighted by atomic mass is 9.77. The molecule has 146 valence electrons. The fourth-order valence-corrected chi connectivity index (χ4v) is 5.08. The van der Waals surface area contributed by atoms with Crippen molar-refractivity contribution >= 4 is 11.8 Å². The number of benzene rings is 1. The van der Waals surface area contributed by atoms with Gasteiger partial charge in [-0.2, -0.15) is 0 Å². The molecule has 4 rings (SSSR count).